The summed E-state index contributed by atoms with van der Waals surface area (Å²) in [5.74, 6) is -0.900. The Morgan fingerprint density at radius 3 is 2.29 bits per heavy atom. The second kappa shape index (κ2) is 6.13. The van der Waals surface area contributed by atoms with Crippen LogP contribution in [0.2, 0.25) is 0 Å². The molecule has 2 aromatic rings. The lowest BCUT2D eigenvalue weighted by Gasteiger charge is -2.18. The number of nitrogens with zero attached hydrogens (tertiary/aromatic N) is 1. The van der Waals surface area contributed by atoms with Crippen LogP contribution in [0.5, 0.6) is 0 Å². The highest BCUT2D eigenvalue weighted by atomic mass is 127. The third kappa shape index (κ3) is 4.03. The summed E-state index contributed by atoms with van der Waals surface area (Å²) in [7, 11) is 0. The summed E-state index contributed by atoms with van der Waals surface area (Å²) >= 11 is 2.22. The molecule has 0 aliphatic rings. The van der Waals surface area contributed by atoms with Gasteiger partial charge in [-0.25, -0.2) is 4.79 Å². The van der Waals surface area contributed by atoms with E-state index in [1.807, 2.05) is 10.6 Å². The number of hydrogen-bond donors (Lipinski definition) is 1. The summed E-state index contributed by atoms with van der Waals surface area (Å²) in [6, 6.07) is 12.0. The van der Waals surface area contributed by atoms with Crippen molar-refractivity contribution in [2.45, 2.75) is 32.7 Å². The minimum absolute atomic E-state index is 0.142. The Labute approximate surface area is 138 Å². The van der Waals surface area contributed by atoms with E-state index in [9.17, 15) is 4.79 Å². The van der Waals surface area contributed by atoms with Crippen LogP contribution >= 0.6 is 22.6 Å². The van der Waals surface area contributed by atoms with Crippen molar-refractivity contribution >= 4 is 28.6 Å². The van der Waals surface area contributed by atoms with E-state index in [1.165, 1.54) is 5.56 Å². The zero-order valence-corrected chi connectivity index (χ0v) is 14.6. The number of hydrogen-bond acceptors (Lipinski definition) is 1. The van der Waals surface area contributed by atoms with E-state index in [0.717, 1.165) is 9.26 Å². The molecule has 0 radical (unpaired) electrons. The maximum absolute atomic E-state index is 11.1. The van der Waals surface area contributed by atoms with Crippen LogP contribution in [-0.2, 0) is 12.0 Å². The molecular weight excluding hydrogens is 377 g/mol. The second-order valence-electron chi connectivity index (χ2n) is 6.12. The molecule has 4 heteroatoms. The topological polar surface area (TPSA) is 41.2 Å². The molecule has 3 nitrogen and oxygen atoms in total. The zero-order chi connectivity index (χ0) is 15.6. The maximum atomic E-state index is 11.1. The number of benzene rings is 1. The van der Waals surface area contributed by atoms with E-state index in [2.05, 4.69) is 67.6 Å². The second-order valence-corrected chi connectivity index (χ2v) is 7.23. The summed E-state index contributed by atoms with van der Waals surface area (Å²) in [6.07, 6.45) is 1.68. The van der Waals surface area contributed by atoms with Crippen LogP contribution in [0.25, 0.3) is 0 Å². The first-order valence-corrected chi connectivity index (χ1v) is 7.87. The maximum Gasteiger partial charge on any atom is 0.341 e. The molecule has 110 valence electrons. The predicted molar refractivity (Wildman–Crippen MR) is 90.6 cm³/mol. The number of rotatable bonds is 3. The smallest absolute Gasteiger partial charge is 0.341 e. The minimum Gasteiger partial charge on any atom is -0.477 e. The predicted octanol–water partition coefficient (Wildman–Crippen LogP) is 3.62. The van der Waals surface area contributed by atoms with Gasteiger partial charge in [-0.3, -0.25) is 0 Å². The van der Waals surface area contributed by atoms with Crippen molar-refractivity contribution in [3.63, 3.8) is 0 Å². The molecule has 1 aromatic heterocycles. The van der Waals surface area contributed by atoms with Crippen molar-refractivity contribution in [2.75, 3.05) is 0 Å². The standard InChI is InChI=1S/C17H18INO2/c1-17(2,3)14-7-4-12(5-8-14)10-19-11-13(16(20)21)6-9-15(19)18/h4-9,11H,10H2,1-3H3/p+1. The third-order valence-corrected chi connectivity index (χ3v) is 4.37. The molecule has 0 amide bonds. The van der Waals surface area contributed by atoms with Crippen LogP contribution in [0.1, 0.15) is 42.3 Å². The molecule has 0 spiro atoms. The Bertz CT molecular complexity index is 657. The fourth-order valence-corrected chi connectivity index (χ4v) is 2.57. The molecule has 0 aliphatic heterocycles. The van der Waals surface area contributed by atoms with E-state index in [4.69, 9.17) is 5.11 Å². The fraction of sp³-hybridized carbons (Fsp3) is 0.294. The number of carboxylic acid groups (broad SMARTS) is 1. The third-order valence-electron chi connectivity index (χ3n) is 3.39. The largest absolute Gasteiger partial charge is 0.477 e. The summed E-state index contributed by atoms with van der Waals surface area (Å²) in [4.78, 5) is 11.1. The van der Waals surface area contributed by atoms with E-state index >= 15 is 0 Å². The lowest BCUT2D eigenvalue weighted by molar-refractivity contribution is -0.700. The van der Waals surface area contributed by atoms with Gasteiger partial charge in [0.2, 0.25) is 3.70 Å². The molecule has 0 bridgehead atoms. The van der Waals surface area contributed by atoms with Crippen molar-refractivity contribution in [1.29, 1.82) is 0 Å². The van der Waals surface area contributed by atoms with Crippen LogP contribution in [0.3, 0.4) is 0 Å². The SMILES string of the molecule is CC(C)(C)c1ccc(C[n+]2cc(C(=O)O)ccc2I)cc1. The summed E-state index contributed by atoms with van der Waals surface area (Å²) in [5, 5.41) is 9.08. The van der Waals surface area contributed by atoms with Gasteiger partial charge >= 0.3 is 5.97 Å². The molecule has 0 aliphatic carbocycles. The fourth-order valence-electron chi connectivity index (χ4n) is 2.08. The summed E-state index contributed by atoms with van der Waals surface area (Å²) < 4.78 is 2.97. The van der Waals surface area contributed by atoms with Crippen LogP contribution < -0.4 is 4.57 Å². The molecule has 0 fully saturated rings. The molecule has 0 atom stereocenters. The van der Waals surface area contributed by atoms with Crippen molar-refractivity contribution in [2.24, 2.45) is 0 Å². The molecule has 0 saturated heterocycles. The van der Waals surface area contributed by atoms with Gasteiger partial charge in [0, 0.05) is 34.2 Å². The minimum atomic E-state index is -0.900. The summed E-state index contributed by atoms with van der Waals surface area (Å²) in [5.41, 5.74) is 2.91. The lowest BCUT2D eigenvalue weighted by Crippen LogP contribution is -2.38. The average Bonchev–Trinajstić information content (AvgIpc) is 2.40. The molecule has 21 heavy (non-hydrogen) atoms. The molecule has 1 N–H and O–H groups in total. The van der Waals surface area contributed by atoms with E-state index in [0.29, 0.717) is 12.1 Å². The first kappa shape index (κ1) is 15.9. The Hall–Kier alpha value is -1.43. The van der Waals surface area contributed by atoms with Crippen LogP contribution in [0.4, 0.5) is 0 Å². The molecule has 1 heterocycles. The number of aromatic carboxylic acids is 1. The number of pyridine rings is 1. The highest BCUT2D eigenvalue weighted by Gasteiger charge is 2.16. The van der Waals surface area contributed by atoms with Gasteiger partial charge < -0.3 is 5.11 Å². The van der Waals surface area contributed by atoms with Crippen molar-refractivity contribution in [3.05, 3.63) is 63.0 Å². The van der Waals surface area contributed by atoms with Gasteiger partial charge in [-0.05, 0) is 17.0 Å². The zero-order valence-electron chi connectivity index (χ0n) is 12.4. The molecule has 0 saturated carbocycles. The Balaban J connectivity index is 2.26. The first-order valence-electron chi connectivity index (χ1n) is 6.79. The van der Waals surface area contributed by atoms with Gasteiger partial charge in [0.25, 0.3) is 0 Å². The van der Waals surface area contributed by atoms with Crippen molar-refractivity contribution in [3.8, 4) is 0 Å². The van der Waals surface area contributed by atoms with Crippen LogP contribution in [0.15, 0.2) is 42.6 Å². The van der Waals surface area contributed by atoms with Gasteiger partial charge in [0.15, 0.2) is 12.7 Å². The van der Waals surface area contributed by atoms with Crippen LogP contribution in [-0.4, -0.2) is 11.1 Å². The van der Waals surface area contributed by atoms with E-state index in [1.54, 1.807) is 12.3 Å². The highest BCUT2D eigenvalue weighted by molar-refractivity contribution is 14.1. The Morgan fingerprint density at radius 1 is 1.14 bits per heavy atom. The normalized spacial score (nSPS) is 11.4. The van der Waals surface area contributed by atoms with E-state index in [-0.39, 0.29) is 5.41 Å². The van der Waals surface area contributed by atoms with Crippen molar-refractivity contribution < 1.29 is 14.5 Å². The number of carboxylic acids is 1. The van der Waals surface area contributed by atoms with Gasteiger partial charge in [0.05, 0.1) is 0 Å². The molecular formula is C17H19INO2+. The Morgan fingerprint density at radius 2 is 1.76 bits per heavy atom. The molecule has 2 rings (SSSR count). The molecule has 0 unspecified atom stereocenters. The highest BCUT2D eigenvalue weighted by Crippen LogP contribution is 2.22. The van der Waals surface area contributed by atoms with Gasteiger partial charge in [-0.2, -0.15) is 4.57 Å². The number of aromatic nitrogens is 1. The quantitative estimate of drug-likeness (QED) is 0.489. The van der Waals surface area contributed by atoms with Gasteiger partial charge in [-0.15, -0.1) is 0 Å². The van der Waals surface area contributed by atoms with E-state index < -0.39 is 5.97 Å². The number of halogens is 1. The van der Waals surface area contributed by atoms with Crippen LogP contribution in [0, 0.1) is 3.70 Å². The summed E-state index contributed by atoms with van der Waals surface area (Å²) in [6.45, 7) is 7.24. The Kier molecular flexibility index (Phi) is 4.66. The van der Waals surface area contributed by atoms with Gasteiger partial charge in [0.1, 0.15) is 5.56 Å². The number of carbonyl (C=O) groups is 1. The monoisotopic (exact) mass is 396 g/mol. The average molecular weight is 396 g/mol. The molecule has 1 aromatic carbocycles. The van der Waals surface area contributed by atoms with Crippen molar-refractivity contribution in [1.82, 2.24) is 0 Å². The van der Waals surface area contributed by atoms with Gasteiger partial charge in [-0.1, -0.05) is 45.0 Å². The lowest BCUT2D eigenvalue weighted by atomic mass is 9.87. The first-order chi connectivity index (χ1) is 9.77.